The molecule has 0 aliphatic carbocycles. The highest BCUT2D eigenvalue weighted by molar-refractivity contribution is 7.80. The fourth-order valence-electron chi connectivity index (χ4n) is 3.67. The van der Waals surface area contributed by atoms with E-state index in [0.29, 0.717) is 11.7 Å². The van der Waals surface area contributed by atoms with Gasteiger partial charge in [-0.15, -0.1) is 0 Å². The molecule has 7 heteroatoms. The van der Waals surface area contributed by atoms with Crippen molar-refractivity contribution in [1.29, 1.82) is 0 Å². The number of hydrogen-bond donors (Lipinski definition) is 1. The van der Waals surface area contributed by atoms with Crippen LogP contribution in [0, 0.1) is 19.8 Å². The van der Waals surface area contributed by atoms with Gasteiger partial charge in [0.05, 0.1) is 28.3 Å². The number of aromatic nitrogens is 2. The van der Waals surface area contributed by atoms with E-state index in [4.69, 9.17) is 12.2 Å². The average Bonchev–Trinajstić information content (AvgIpc) is 2.70. The van der Waals surface area contributed by atoms with Crippen LogP contribution in [0.2, 0.25) is 0 Å². The van der Waals surface area contributed by atoms with Gasteiger partial charge >= 0.3 is 0 Å². The van der Waals surface area contributed by atoms with Crippen molar-refractivity contribution in [2.75, 3.05) is 31.5 Å². The topological polar surface area (TPSA) is 61.4 Å². The molecule has 1 aliphatic heterocycles. The zero-order chi connectivity index (χ0) is 20.3. The van der Waals surface area contributed by atoms with E-state index >= 15 is 0 Å². The van der Waals surface area contributed by atoms with E-state index in [1.807, 2.05) is 50.8 Å². The van der Waals surface area contributed by atoms with Crippen LogP contribution in [0.5, 0.6) is 0 Å². The van der Waals surface area contributed by atoms with Gasteiger partial charge in [0.2, 0.25) is 5.91 Å². The lowest BCUT2D eigenvalue weighted by atomic mass is 9.96. The Bertz CT molecular complexity index is 880. The maximum atomic E-state index is 12.7. The molecule has 1 aromatic heterocycles. The van der Waals surface area contributed by atoms with Gasteiger partial charge < -0.3 is 15.1 Å². The minimum Gasteiger partial charge on any atom is -0.348 e. The summed E-state index contributed by atoms with van der Waals surface area (Å²) in [6, 6.07) is 5.91. The Balaban J connectivity index is 1.69. The number of anilines is 1. The Hall–Kier alpha value is -2.28. The molecule has 28 heavy (non-hydrogen) atoms. The summed E-state index contributed by atoms with van der Waals surface area (Å²) in [5, 5.41) is 3.98. The molecule has 1 aromatic carbocycles. The molecule has 0 bridgehead atoms. The van der Waals surface area contributed by atoms with Crippen LogP contribution in [-0.2, 0) is 4.79 Å². The van der Waals surface area contributed by atoms with Crippen LogP contribution in [0.4, 0.5) is 5.69 Å². The maximum Gasteiger partial charge on any atom is 0.227 e. The minimum atomic E-state index is 0.0153. The highest BCUT2D eigenvalue weighted by Crippen LogP contribution is 2.22. The maximum absolute atomic E-state index is 12.7. The second kappa shape index (κ2) is 8.82. The SMILES string of the molecule is CCN(CC)C(=O)[C@H]1CCCN(C(=S)Nc2ccc3nc(C)c(C)nc3c2)C1. The average molecular weight is 400 g/mol. The van der Waals surface area contributed by atoms with E-state index in [2.05, 4.69) is 20.2 Å². The Morgan fingerprint density at radius 2 is 1.89 bits per heavy atom. The molecule has 1 fully saturated rings. The van der Waals surface area contributed by atoms with Crippen LogP contribution in [0.25, 0.3) is 11.0 Å². The van der Waals surface area contributed by atoms with Gasteiger partial charge in [0.1, 0.15) is 0 Å². The minimum absolute atomic E-state index is 0.0153. The first-order valence-electron chi connectivity index (χ1n) is 10.0. The number of piperidine rings is 1. The highest BCUT2D eigenvalue weighted by Gasteiger charge is 2.29. The fraction of sp³-hybridized carbons (Fsp3) is 0.524. The van der Waals surface area contributed by atoms with Crippen LogP contribution in [-0.4, -0.2) is 57.0 Å². The van der Waals surface area contributed by atoms with Crippen molar-refractivity contribution in [2.45, 2.75) is 40.5 Å². The standard InChI is InChI=1S/C21H29N5OS/c1-5-25(6-2)20(27)16-8-7-11-26(13-16)21(28)24-17-9-10-18-19(12-17)23-15(4)14(3)22-18/h9-10,12,16H,5-8,11,13H2,1-4H3,(H,24,28)/t16-/m0/s1. The Morgan fingerprint density at radius 1 is 1.21 bits per heavy atom. The molecule has 0 spiro atoms. The first-order chi connectivity index (χ1) is 13.4. The van der Waals surface area contributed by atoms with Crippen LogP contribution in [0.3, 0.4) is 0 Å². The number of benzene rings is 1. The molecule has 1 aliphatic rings. The van der Waals surface area contributed by atoms with Crippen LogP contribution in [0.15, 0.2) is 18.2 Å². The lowest BCUT2D eigenvalue weighted by Gasteiger charge is -2.36. The number of hydrogen-bond acceptors (Lipinski definition) is 4. The van der Waals surface area contributed by atoms with Crippen molar-refractivity contribution in [3.63, 3.8) is 0 Å². The summed E-state index contributed by atoms with van der Waals surface area (Å²) in [6.45, 7) is 11.0. The summed E-state index contributed by atoms with van der Waals surface area (Å²) in [7, 11) is 0. The summed E-state index contributed by atoms with van der Waals surface area (Å²) in [5.41, 5.74) is 4.50. The van der Waals surface area contributed by atoms with Crippen molar-refractivity contribution in [3.8, 4) is 0 Å². The number of likely N-dealkylation sites (tertiary alicyclic amines) is 1. The van der Waals surface area contributed by atoms with Gasteiger partial charge in [0.15, 0.2) is 5.11 Å². The molecule has 2 heterocycles. The second-order valence-electron chi connectivity index (χ2n) is 7.32. The number of nitrogens with zero attached hydrogens (tertiary/aromatic N) is 4. The zero-order valence-corrected chi connectivity index (χ0v) is 18.0. The molecule has 0 unspecified atom stereocenters. The monoisotopic (exact) mass is 399 g/mol. The molecule has 2 aromatic rings. The molecule has 1 N–H and O–H groups in total. The number of thiocarbonyl (C=S) groups is 1. The molecular formula is C21H29N5OS. The first-order valence-corrected chi connectivity index (χ1v) is 10.4. The number of carbonyl (C=O) groups excluding carboxylic acids is 1. The third-order valence-corrected chi connectivity index (χ3v) is 5.82. The molecular weight excluding hydrogens is 370 g/mol. The van der Waals surface area contributed by atoms with Crippen molar-refractivity contribution in [2.24, 2.45) is 5.92 Å². The van der Waals surface area contributed by atoms with Crippen LogP contribution in [0.1, 0.15) is 38.1 Å². The van der Waals surface area contributed by atoms with Gasteiger partial charge in [0, 0.05) is 31.9 Å². The summed E-state index contributed by atoms with van der Waals surface area (Å²) in [4.78, 5) is 25.9. The third-order valence-electron chi connectivity index (χ3n) is 5.46. The van der Waals surface area contributed by atoms with Crippen LogP contribution < -0.4 is 5.32 Å². The van der Waals surface area contributed by atoms with E-state index in [0.717, 1.165) is 60.6 Å². The summed E-state index contributed by atoms with van der Waals surface area (Å²) in [5.74, 6) is 0.255. The van der Waals surface area contributed by atoms with E-state index in [1.165, 1.54) is 0 Å². The molecule has 1 amide bonds. The number of carbonyl (C=O) groups is 1. The number of aryl methyl sites for hydroxylation is 2. The van der Waals surface area contributed by atoms with Gasteiger partial charge in [-0.25, -0.2) is 9.97 Å². The van der Waals surface area contributed by atoms with Gasteiger partial charge in [-0.05, 0) is 71.0 Å². The van der Waals surface area contributed by atoms with Gasteiger partial charge in [-0.1, -0.05) is 0 Å². The van der Waals surface area contributed by atoms with Crippen molar-refractivity contribution in [3.05, 3.63) is 29.6 Å². The smallest absolute Gasteiger partial charge is 0.227 e. The number of amides is 1. The van der Waals surface area contributed by atoms with E-state index < -0.39 is 0 Å². The largest absolute Gasteiger partial charge is 0.348 e. The first kappa shape index (κ1) is 20.5. The molecule has 3 rings (SSSR count). The number of rotatable bonds is 4. The summed E-state index contributed by atoms with van der Waals surface area (Å²) >= 11 is 5.64. The quantitative estimate of drug-likeness (QED) is 0.794. The molecule has 0 saturated carbocycles. The molecule has 1 saturated heterocycles. The van der Waals surface area contributed by atoms with E-state index in [9.17, 15) is 4.79 Å². The zero-order valence-electron chi connectivity index (χ0n) is 17.2. The lowest BCUT2D eigenvalue weighted by molar-refractivity contribution is -0.136. The number of fused-ring (bicyclic) bond motifs is 1. The third kappa shape index (κ3) is 4.41. The molecule has 1 atom stereocenters. The van der Waals surface area contributed by atoms with Crippen molar-refractivity contribution in [1.82, 2.24) is 19.8 Å². The molecule has 0 radical (unpaired) electrons. The fourth-order valence-corrected chi connectivity index (χ4v) is 3.95. The molecule has 150 valence electrons. The predicted molar refractivity (Wildman–Crippen MR) is 117 cm³/mol. The van der Waals surface area contributed by atoms with Gasteiger partial charge in [-0.2, -0.15) is 0 Å². The van der Waals surface area contributed by atoms with Crippen molar-refractivity contribution < 1.29 is 4.79 Å². The molecule has 6 nitrogen and oxygen atoms in total. The highest BCUT2D eigenvalue weighted by atomic mass is 32.1. The Kier molecular flexibility index (Phi) is 6.44. The normalized spacial score (nSPS) is 16.9. The van der Waals surface area contributed by atoms with Gasteiger partial charge in [-0.3, -0.25) is 4.79 Å². The Morgan fingerprint density at radius 3 is 2.57 bits per heavy atom. The predicted octanol–water partition coefficient (Wildman–Crippen LogP) is 3.52. The Labute approximate surface area is 172 Å². The number of nitrogens with one attached hydrogen (secondary N) is 1. The van der Waals surface area contributed by atoms with Crippen LogP contribution >= 0.6 is 12.2 Å². The van der Waals surface area contributed by atoms with Crippen molar-refractivity contribution >= 4 is 40.0 Å². The summed E-state index contributed by atoms with van der Waals surface area (Å²) < 4.78 is 0. The lowest BCUT2D eigenvalue weighted by Crippen LogP contribution is -2.47. The summed E-state index contributed by atoms with van der Waals surface area (Å²) in [6.07, 6.45) is 1.90. The van der Waals surface area contributed by atoms with E-state index in [-0.39, 0.29) is 11.8 Å². The van der Waals surface area contributed by atoms with E-state index in [1.54, 1.807) is 0 Å². The second-order valence-corrected chi connectivity index (χ2v) is 7.71. The van der Waals surface area contributed by atoms with Gasteiger partial charge in [0.25, 0.3) is 0 Å².